The predicted octanol–water partition coefficient (Wildman–Crippen LogP) is -1.45. The van der Waals surface area contributed by atoms with E-state index in [0.717, 1.165) is 0 Å². The Morgan fingerprint density at radius 1 is 2.00 bits per heavy atom. The minimum atomic E-state index is -0.518. The molecule has 0 saturated heterocycles. The molecular formula is C5H8N2O3. The maximum absolute atomic E-state index is 10.4. The van der Waals surface area contributed by atoms with Crippen LogP contribution >= 0.6 is 0 Å². The van der Waals surface area contributed by atoms with Crippen LogP contribution in [0.3, 0.4) is 0 Å². The highest BCUT2D eigenvalue weighted by Gasteiger charge is 2.18. The molecule has 1 aliphatic rings. The molecule has 0 radical (unpaired) electrons. The summed E-state index contributed by atoms with van der Waals surface area (Å²) in [5.74, 6) is -0.518. The molecular weight excluding hydrogens is 136 g/mol. The molecule has 5 nitrogen and oxygen atoms in total. The molecule has 0 saturated carbocycles. The Kier molecular flexibility index (Phi) is 1.88. The van der Waals surface area contributed by atoms with E-state index in [1.165, 1.54) is 11.3 Å². The summed E-state index contributed by atoms with van der Waals surface area (Å²) < 4.78 is 0. The van der Waals surface area contributed by atoms with Crippen molar-refractivity contribution in [3.8, 4) is 0 Å². The Morgan fingerprint density at radius 2 is 2.70 bits per heavy atom. The van der Waals surface area contributed by atoms with Crippen LogP contribution in [0.25, 0.3) is 0 Å². The lowest BCUT2D eigenvalue weighted by Gasteiger charge is -2.08. The fourth-order valence-electron chi connectivity index (χ4n) is 0.622. The van der Waals surface area contributed by atoms with Gasteiger partial charge in [-0.3, -0.25) is 4.79 Å². The van der Waals surface area contributed by atoms with Gasteiger partial charge in [-0.25, -0.2) is 0 Å². The summed E-state index contributed by atoms with van der Waals surface area (Å²) in [7, 11) is 0. The molecule has 1 aliphatic heterocycles. The highest BCUT2D eigenvalue weighted by molar-refractivity contribution is 5.92. The minimum Gasteiger partial charge on any atom is -0.411 e. The van der Waals surface area contributed by atoms with E-state index >= 15 is 0 Å². The Labute approximate surface area is 57.6 Å². The lowest BCUT2D eigenvalue weighted by Crippen LogP contribution is -2.24. The first-order valence-corrected chi connectivity index (χ1v) is 2.75. The van der Waals surface area contributed by atoms with E-state index in [4.69, 9.17) is 15.7 Å². The van der Waals surface area contributed by atoms with Crippen LogP contribution in [0.15, 0.2) is 11.8 Å². The number of primary amides is 1. The zero-order chi connectivity index (χ0) is 7.56. The van der Waals surface area contributed by atoms with Crippen LogP contribution < -0.4 is 5.73 Å². The first-order valence-electron chi connectivity index (χ1n) is 2.75. The smallest absolute Gasteiger partial charge is 0.249 e. The van der Waals surface area contributed by atoms with E-state index in [1.807, 2.05) is 0 Å². The number of amides is 1. The van der Waals surface area contributed by atoms with Crippen LogP contribution in [0.5, 0.6) is 0 Å². The summed E-state index contributed by atoms with van der Waals surface area (Å²) >= 11 is 0. The van der Waals surface area contributed by atoms with Crippen LogP contribution in [0.2, 0.25) is 0 Å². The number of aliphatic hydroxyl groups is 1. The van der Waals surface area contributed by atoms with E-state index in [-0.39, 0.29) is 13.3 Å². The van der Waals surface area contributed by atoms with Gasteiger partial charge in [0, 0.05) is 0 Å². The number of hydroxylamine groups is 2. The van der Waals surface area contributed by atoms with Crippen LogP contribution in [0, 0.1) is 0 Å². The monoisotopic (exact) mass is 144 g/mol. The van der Waals surface area contributed by atoms with Crippen molar-refractivity contribution in [2.24, 2.45) is 5.73 Å². The molecule has 56 valence electrons. The molecule has 1 heterocycles. The van der Waals surface area contributed by atoms with Crippen molar-refractivity contribution in [1.29, 1.82) is 0 Å². The topological polar surface area (TPSA) is 75.8 Å². The molecule has 0 spiro atoms. The second-order valence-corrected chi connectivity index (χ2v) is 1.89. The lowest BCUT2D eigenvalue weighted by atomic mass is 10.3. The summed E-state index contributed by atoms with van der Waals surface area (Å²) in [5.41, 5.74) is 5.29. The van der Waals surface area contributed by atoms with Crippen molar-refractivity contribution in [3.63, 3.8) is 0 Å². The Bertz CT molecular complexity index is 178. The standard InChI is InChI=1S/C5H8N2O3/c6-5(9)4-1-7(3-8)10-2-4/h2,8H,1,3H2,(H2,6,9). The third-order valence-electron chi connectivity index (χ3n) is 1.16. The summed E-state index contributed by atoms with van der Waals surface area (Å²) in [6.07, 6.45) is 1.23. The number of carbonyl (C=O) groups is 1. The second kappa shape index (κ2) is 2.68. The lowest BCUT2D eigenvalue weighted by molar-refractivity contribution is -0.128. The Morgan fingerprint density at radius 3 is 3.00 bits per heavy atom. The summed E-state index contributed by atoms with van der Waals surface area (Å²) in [4.78, 5) is 15.1. The average molecular weight is 144 g/mol. The number of rotatable bonds is 2. The van der Waals surface area contributed by atoms with E-state index in [2.05, 4.69) is 0 Å². The molecule has 0 fully saturated rings. The van der Waals surface area contributed by atoms with Crippen LogP contribution in [0.1, 0.15) is 0 Å². The van der Waals surface area contributed by atoms with Crippen molar-refractivity contribution in [3.05, 3.63) is 11.8 Å². The molecule has 0 aromatic heterocycles. The minimum absolute atomic E-state index is 0.243. The summed E-state index contributed by atoms with van der Waals surface area (Å²) in [6, 6.07) is 0. The fourth-order valence-corrected chi connectivity index (χ4v) is 0.622. The zero-order valence-corrected chi connectivity index (χ0v) is 5.28. The van der Waals surface area contributed by atoms with Crippen LogP contribution in [-0.2, 0) is 9.63 Å². The Balaban J connectivity index is 2.47. The van der Waals surface area contributed by atoms with Crippen molar-refractivity contribution < 1.29 is 14.7 Å². The Hall–Kier alpha value is -1.07. The SMILES string of the molecule is NC(=O)C1=CON(CO)C1. The maximum atomic E-state index is 10.4. The number of aliphatic hydroxyl groups excluding tert-OH is 1. The molecule has 0 aliphatic carbocycles. The molecule has 0 atom stereocenters. The van der Waals surface area contributed by atoms with E-state index in [9.17, 15) is 4.79 Å². The number of nitrogens with two attached hydrogens (primary N) is 1. The van der Waals surface area contributed by atoms with Gasteiger partial charge in [-0.15, -0.1) is 5.06 Å². The molecule has 3 N–H and O–H groups in total. The third kappa shape index (κ3) is 1.26. The van der Waals surface area contributed by atoms with E-state index < -0.39 is 5.91 Å². The van der Waals surface area contributed by atoms with Crippen molar-refractivity contribution >= 4 is 5.91 Å². The summed E-state index contributed by atoms with van der Waals surface area (Å²) in [6.45, 7) is 0.0130. The number of carbonyl (C=O) groups excluding carboxylic acids is 1. The van der Waals surface area contributed by atoms with Gasteiger partial charge in [-0.05, 0) is 0 Å². The molecule has 0 unspecified atom stereocenters. The fraction of sp³-hybridized carbons (Fsp3) is 0.400. The van der Waals surface area contributed by atoms with Gasteiger partial charge in [-0.1, -0.05) is 0 Å². The van der Waals surface area contributed by atoms with Crippen molar-refractivity contribution in [2.75, 3.05) is 13.3 Å². The van der Waals surface area contributed by atoms with Gasteiger partial charge in [0.1, 0.15) is 13.0 Å². The van der Waals surface area contributed by atoms with Crippen molar-refractivity contribution in [1.82, 2.24) is 5.06 Å². The van der Waals surface area contributed by atoms with Gasteiger partial charge in [0.25, 0.3) is 0 Å². The molecule has 0 aromatic rings. The molecule has 0 bridgehead atoms. The van der Waals surface area contributed by atoms with E-state index in [0.29, 0.717) is 5.57 Å². The van der Waals surface area contributed by atoms with Crippen LogP contribution in [0.4, 0.5) is 0 Å². The highest BCUT2D eigenvalue weighted by Crippen LogP contribution is 2.07. The normalized spacial score (nSPS) is 18.3. The van der Waals surface area contributed by atoms with Gasteiger partial charge in [0.2, 0.25) is 5.91 Å². The molecule has 5 heteroatoms. The highest BCUT2D eigenvalue weighted by atomic mass is 16.7. The maximum Gasteiger partial charge on any atom is 0.249 e. The van der Waals surface area contributed by atoms with Gasteiger partial charge >= 0.3 is 0 Å². The van der Waals surface area contributed by atoms with Crippen molar-refractivity contribution in [2.45, 2.75) is 0 Å². The molecule has 1 rings (SSSR count). The van der Waals surface area contributed by atoms with Gasteiger partial charge in [0.05, 0.1) is 12.1 Å². The largest absolute Gasteiger partial charge is 0.411 e. The second-order valence-electron chi connectivity index (χ2n) is 1.89. The van der Waals surface area contributed by atoms with Gasteiger partial charge in [0.15, 0.2) is 0 Å². The molecule has 1 amide bonds. The number of nitrogens with zero attached hydrogens (tertiary/aromatic N) is 1. The van der Waals surface area contributed by atoms with E-state index in [1.54, 1.807) is 0 Å². The predicted molar refractivity (Wildman–Crippen MR) is 32.2 cm³/mol. The first-order chi connectivity index (χ1) is 4.74. The first kappa shape index (κ1) is 7.04. The molecule has 0 aromatic carbocycles. The average Bonchev–Trinajstić information content (AvgIpc) is 2.34. The van der Waals surface area contributed by atoms with Gasteiger partial charge in [-0.2, -0.15) is 0 Å². The number of hydrogen-bond acceptors (Lipinski definition) is 4. The zero-order valence-electron chi connectivity index (χ0n) is 5.28. The van der Waals surface area contributed by atoms with Crippen LogP contribution in [-0.4, -0.2) is 29.4 Å². The number of hydrogen-bond donors (Lipinski definition) is 2. The molecule has 10 heavy (non-hydrogen) atoms. The third-order valence-corrected chi connectivity index (χ3v) is 1.16. The van der Waals surface area contributed by atoms with Gasteiger partial charge < -0.3 is 15.7 Å². The quantitative estimate of drug-likeness (QED) is 0.497. The summed E-state index contributed by atoms with van der Waals surface area (Å²) in [5, 5.41) is 9.69.